The van der Waals surface area contributed by atoms with Gasteiger partial charge in [-0.1, -0.05) is 0 Å². The first-order valence-electron chi connectivity index (χ1n) is 8.41. The van der Waals surface area contributed by atoms with E-state index in [1.54, 1.807) is 0 Å². The van der Waals surface area contributed by atoms with Crippen LogP contribution >= 0.6 is 23.5 Å². The molecule has 184 valence electrons. The molecular formula is C11H16N5O14P3. The second kappa shape index (κ2) is 9.52. The van der Waals surface area contributed by atoms with Crippen molar-refractivity contribution >= 4 is 46.9 Å². The van der Waals surface area contributed by atoms with Gasteiger partial charge < -0.3 is 39.8 Å². The van der Waals surface area contributed by atoms with Crippen LogP contribution in [0.5, 0.6) is 0 Å². The molecule has 7 N–H and O–H groups in total. The fourth-order valence-electron chi connectivity index (χ4n) is 2.77. The van der Waals surface area contributed by atoms with Crippen molar-refractivity contribution in [2.75, 3.05) is 11.9 Å². The Labute approximate surface area is 182 Å². The third-order valence-corrected chi connectivity index (χ3v) is 7.79. The summed E-state index contributed by atoms with van der Waals surface area (Å²) in [5.74, 6) is 0.0472. The van der Waals surface area contributed by atoms with Gasteiger partial charge in [0.15, 0.2) is 23.2 Å². The summed E-state index contributed by atoms with van der Waals surface area (Å²) in [6.45, 7) is -0.988. The van der Waals surface area contributed by atoms with Crippen molar-refractivity contribution in [3.8, 4) is 0 Å². The molecule has 1 aliphatic rings. The zero-order valence-corrected chi connectivity index (χ0v) is 18.5. The van der Waals surface area contributed by atoms with Crippen molar-refractivity contribution in [2.45, 2.75) is 24.5 Å². The van der Waals surface area contributed by atoms with E-state index >= 15 is 0 Å². The van der Waals surface area contributed by atoms with E-state index in [1.807, 2.05) is 0 Å². The number of anilines is 1. The Bertz CT molecular complexity index is 1170. The number of carbonyl (C=O) groups is 1. The molecule has 0 spiro atoms. The van der Waals surface area contributed by atoms with Crippen molar-refractivity contribution in [1.82, 2.24) is 19.5 Å². The zero-order valence-electron chi connectivity index (χ0n) is 15.8. The number of imidazole rings is 1. The quantitative estimate of drug-likeness (QED) is 0.133. The molecule has 1 fully saturated rings. The fraction of sp³-hybridized carbons (Fsp3) is 0.455. The number of fused-ring (bicyclic) bond motifs is 1. The molecule has 1 aliphatic heterocycles. The average Bonchev–Trinajstić information content (AvgIpc) is 3.20. The number of amides is 1. The van der Waals surface area contributed by atoms with Gasteiger partial charge in [0.2, 0.25) is 6.41 Å². The first kappa shape index (κ1) is 25.9. The van der Waals surface area contributed by atoms with Gasteiger partial charge in [0.05, 0.1) is 12.9 Å². The van der Waals surface area contributed by atoms with Crippen molar-refractivity contribution < 1.29 is 66.2 Å². The van der Waals surface area contributed by atoms with Gasteiger partial charge in [-0.25, -0.2) is 28.6 Å². The lowest BCUT2D eigenvalue weighted by Crippen LogP contribution is -2.33. The van der Waals surface area contributed by atoms with Crippen LogP contribution < -0.4 is 5.32 Å². The molecule has 6 atom stereocenters. The molecule has 3 heterocycles. The highest BCUT2D eigenvalue weighted by Crippen LogP contribution is 2.66. The predicted octanol–water partition coefficient (Wildman–Crippen LogP) is -1.64. The van der Waals surface area contributed by atoms with E-state index in [0.717, 1.165) is 12.7 Å². The predicted molar refractivity (Wildman–Crippen MR) is 101 cm³/mol. The van der Waals surface area contributed by atoms with Crippen LogP contribution in [0.1, 0.15) is 6.23 Å². The minimum Gasteiger partial charge on any atom is -0.387 e. The molecule has 2 aromatic heterocycles. The Morgan fingerprint density at radius 2 is 1.76 bits per heavy atom. The van der Waals surface area contributed by atoms with Crippen LogP contribution in [0.3, 0.4) is 0 Å². The highest BCUT2D eigenvalue weighted by molar-refractivity contribution is 7.66. The number of rotatable bonds is 10. The van der Waals surface area contributed by atoms with Gasteiger partial charge >= 0.3 is 23.5 Å². The highest BCUT2D eigenvalue weighted by atomic mass is 31.3. The fourth-order valence-corrected chi connectivity index (χ4v) is 5.80. The van der Waals surface area contributed by atoms with E-state index in [4.69, 9.17) is 19.4 Å². The van der Waals surface area contributed by atoms with E-state index in [-0.39, 0.29) is 17.0 Å². The minimum atomic E-state index is -5.73. The Balaban J connectivity index is 1.71. The van der Waals surface area contributed by atoms with Crippen molar-refractivity contribution in [1.29, 1.82) is 0 Å². The summed E-state index contributed by atoms with van der Waals surface area (Å²) < 4.78 is 51.9. The van der Waals surface area contributed by atoms with E-state index < -0.39 is 54.6 Å². The minimum absolute atomic E-state index is 0.0472. The number of nitrogens with one attached hydrogen (secondary N) is 1. The number of phosphoric acid groups is 3. The average molecular weight is 535 g/mol. The molecule has 0 bridgehead atoms. The zero-order chi connectivity index (χ0) is 24.6. The molecule has 0 aromatic carbocycles. The molecule has 19 nitrogen and oxygen atoms in total. The van der Waals surface area contributed by atoms with Gasteiger partial charge in [-0.15, -0.1) is 0 Å². The van der Waals surface area contributed by atoms with Crippen LogP contribution in [-0.4, -0.2) is 80.6 Å². The van der Waals surface area contributed by atoms with Gasteiger partial charge in [-0.3, -0.25) is 13.9 Å². The van der Waals surface area contributed by atoms with Crippen LogP contribution in [-0.2, 0) is 36.4 Å². The summed E-state index contributed by atoms with van der Waals surface area (Å²) in [7, 11) is -16.8. The third kappa shape index (κ3) is 6.26. The molecule has 0 radical (unpaired) electrons. The van der Waals surface area contributed by atoms with Crippen LogP contribution in [0.25, 0.3) is 11.2 Å². The number of carbonyl (C=O) groups excluding carboxylic acids is 1. The topological polar surface area (TPSA) is 282 Å². The van der Waals surface area contributed by atoms with Crippen molar-refractivity contribution in [3.05, 3.63) is 12.7 Å². The maximum Gasteiger partial charge on any atom is 0.490 e. The summed E-state index contributed by atoms with van der Waals surface area (Å²) in [5, 5.41) is 22.8. The normalized spacial score (nSPS) is 27.2. The third-order valence-electron chi connectivity index (χ3n) is 3.98. The molecule has 3 rings (SSSR count). The molecule has 1 saturated heterocycles. The van der Waals surface area contributed by atoms with Crippen LogP contribution in [0.4, 0.5) is 5.82 Å². The molecule has 33 heavy (non-hydrogen) atoms. The SMILES string of the molecule is O=CNc1ncnc2c1ncn2[C@@H]1O[C@H](COP(=O)(O)OP(=O)(O)OP(=O)(O)O)[C@@H](O)[C@H]1O. The van der Waals surface area contributed by atoms with E-state index in [0.29, 0.717) is 6.41 Å². The summed E-state index contributed by atoms with van der Waals surface area (Å²) in [5.41, 5.74) is 0.200. The second-order valence-electron chi connectivity index (χ2n) is 6.24. The number of aliphatic hydroxyl groups excluding tert-OH is 2. The number of nitrogens with zero attached hydrogens (tertiary/aromatic N) is 4. The number of aromatic nitrogens is 4. The van der Waals surface area contributed by atoms with Gasteiger partial charge in [0, 0.05) is 0 Å². The lowest BCUT2D eigenvalue weighted by molar-refractivity contribution is -0.105. The van der Waals surface area contributed by atoms with Gasteiger partial charge in [-0.05, 0) is 0 Å². The monoisotopic (exact) mass is 535 g/mol. The van der Waals surface area contributed by atoms with Gasteiger partial charge in [0.1, 0.15) is 24.6 Å². The van der Waals surface area contributed by atoms with Crippen LogP contribution in [0.15, 0.2) is 12.7 Å². The lowest BCUT2D eigenvalue weighted by atomic mass is 10.1. The number of ether oxygens (including phenoxy) is 1. The second-order valence-corrected chi connectivity index (χ2v) is 10.7. The van der Waals surface area contributed by atoms with E-state index in [9.17, 15) is 33.6 Å². The van der Waals surface area contributed by atoms with Crippen LogP contribution in [0, 0.1) is 0 Å². The Kier molecular flexibility index (Phi) is 7.48. The van der Waals surface area contributed by atoms with Gasteiger partial charge in [0.25, 0.3) is 0 Å². The Morgan fingerprint density at radius 1 is 1.06 bits per heavy atom. The summed E-state index contributed by atoms with van der Waals surface area (Å²) in [6.07, 6.45) is -3.62. The lowest BCUT2D eigenvalue weighted by Gasteiger charge is -2.19. The molecule has 22 heteroatoms. The largest absolute Gasteiger partial charge is 0.490 e. The molecule has 2 unspecified atom stereocenters. The first-order valence-corrected chi connectivity index (χ1v) is 12.9. The number of phosphoric ester groups is 1. The standard InChI is InChI=1S/C11H16N5O14P3/c17-4-15-9-6-10(13-2-12-9)16(3-14-6)11-8(19)7(18)5(28-11)1-27-32(23,24)30-33(25,26)29-31(20,21)22/h2-5,7-8,11,18-19H,1H2,(H,23,24)(H,25,26)(H2,20,21,22)(H,12,13,15,17)/t5-,7-,8-,11-/m1/s1. The number of hydrogen-bond acceptors (Lipinski definition) is 13. The maximum absolute atomic E-state index is 11.8. The van der Waals surface area contributed by atoms with E-state index in [2.05, 4.69) is 33.4 Å². The Morgan fingerprint density at radius 3 is 2.39 bits per heavy atom. The summed E-state index contributed by atoms with van der Waals surface area (Å²) in [6, 6.07) is 0. The summed E-state index contributed by atoms with van der Waals surface area (Å²) >= 11 is 0. The molecule has 0 saturated carbocycles. The molecule has 0 aliphatic carbocycles. The maximum atomic E-state index is 11.8. The van der Waals surface area contributed by atoms with Crippen LogP contribution in [0.2, 0.25) is 0 Å². The first-order chi connectivity index (χ1) is 15.2. The smallest absolute Gasteiger partial charge is 0.387 e. The van der Waals surface area contributed by atoms with Crippen molar-refractivity contribution in [3.63, 3.8) is 0 Å². The van der Waals surface area contributed by atoms with E-state index in [1.165, 1.54) is 4.57 Å². The van der Waals surface area contributed by atoms with Gasteiger partial charge in [-0.2, -0.15) is 8.62 Å². The molecule has 2 aromatic rings. The Hall–Kier alpha value is -1.69. The van der Waals surface area contributed by atoms with Crippen molar-refractivity contribution in [2.24, 2.45) is 0 Å². The number of hydrogen-bond donors (Lipinski definition) is 7. The number of aliphatic hydroxyl groups is 2. The molecule has 1 amide bonds. The summed E-state index contributed by atoms with van der Waals surface area (Å²) in [4.78, 5) is 58.1. The highest BCUT2D eigenvalue weighted by Gasteiger charge is 2.47. The molecular weight excluding hydrogens is 519 g/mol.